The van der Waals surface area contributed by atoms with Crippen LogP contribution in [0.25, 0.3) is 0 Å². The van der Waals surface area contributed by atoms with Crippen molar-refractivity contribution in [3.63, 3.8) is 0 Å². The fraction of sp³-hybridized carbons (Fsp3) is 0.750. The van der Waals surface area contributed by atoms with Crippen molar-refractivity contribution in [2.24, 2.45) is 5.92 Å². The molecule has 98 valence electrons. The van der Waals surface area contributed by atoms with Gasteiger partial charge in [0.15, 0.2) is 0 Å². The first kappa shape index (κ1) is 14.8. The number of hydrogen-bond donors (Lipinski definition) is 0. The molecule has 0 aliphatic carbocycles. The van der Waals surface area contributed by atoms with Crippen molar-refractivity contribution in [3.05, 3.63) is 21.9 Å². The number of hydrogen-bond acceptors (Lipinski definition) is 1. The van der Waals surface area contributed by atoms with Crippen LogP contribution in [0.5, 0.6) is 0 Å². The molecule has 1 rings (SSSR count). The molecule has 0 N–H and O–H groups in total. The lowest BCUT2D eigenvalue weighted by Crippen LogP contribution is -1.99. The van der Waals surface area contributed by atoms with Gasteiger partial charge in [-0.25, -0.2) is 0 Å². The molecular weight excluding hydrogens is 224 g/mol. The van der Waals surface area contributed by atoms with E-state index in [1.807, 2.05) is 11.3 Å². The van der Waals surface area contributed by atoms with Crippen molar-refractivity contribution >= 4 is 11.3 Å². The van der Waals surface area contributed by atoms with Gasteiger partial charge in [-0.2, -0.15) is 0 Å². The van der Waals surface area contributed by atoms with Crippen LogP contribution in [-0.4, -0.2) is 0 Å². The average molecular weight is 252 g/mol. The molecule has 0 saturated carbocycles. The van der Waals surface area contributed by atoms with E-state index in [4.69, 9.17) is 0 Å². The summed E-state index contributed by atoms with van der Waals surface area (Å²) in [4.78, 5) is 3.13. The van der Waals surface area contributed by atoms with Gasteiger partial charge >= 0.3 is 0 Å². The molecule has 17 heavy (non-hydrogen) atoms. The maximum atomic E-state index is 2.35. The maximum Gasteiger partial charge on any atom is 0.00481 e. The second kappa shape index (κ2) is 8.74. The van der Waals surface area contributed by atoms with Crippen LogP contribution in [0.2, 0.25) is 0 Å². The summed E-state index contributed by atoms with van der Waals surface area (Å²) in [5, 5.41) is 0. The topological polar surface area (TPSA) is 0 Å². The van der Waals surface area contributed by atoms with Crippen LogP contribution in [0, 0.1) is 5.92 Å². The molecule has 0 bridgehead atoms. The van der Waals surface area contributed by atoms with E-state index < -0.39 is 0 Å². The van der Waals surface area contributed by atoms with Crippen molar-refractivity contribution in [2.45, 2.75) is 72.1 Å². The highest BCUT2D eigenvalue weighted by atomic mass is 32.1. The molecule has 0 aromatic carbocycles. The average Bonchev–Trinajstić information content (AvgIpc) is 2.81. The van der Waals surface area contributed by atoms with Crippen LogP contribution in [-0.2, 0) is 12.8 Å². The Balaban J connectivity index is 2.21. The molecule has 1 heterocycles. The predicted octanol–water partition coefficient (Wildman–Crippen LogP) is 5.85. The molecule has 1 unspecified atom stereocenters. The largest absolute Gasteiger partial charge is 0.145 e. The molecule has 1 atom stereocenters. The van der Waals surface area contributed by atoms with Gasteiger partial charge in [-0.1, -0.05) is 52.9 Å². The molecule has 0 nitrogen and oxygen atoms in total. The van der Waals surface area contributed by atoms with Gasteiger partial charge in [-0.15, -0.1) is 11.3 Å². The van der Waals surface area contributed by atoms with Gasteiger partial charge in [0, 0.05) is 9.75 Å². The van der Waals surface area contributed by atoms with Crippen molar-refractivity contribution in [1.82, 2.24) is 0 Å². The lowest BCUT2D eigenvalue weighted by Gasteiger charge is -2.13. The zero-order valence-corrected chi connectivity index (χ0v) is 12.6. The summed E-state index contributed by atoms with van der Waals surface area (Å²) in [5.74, 6) is 0.973. The summed E-state index contributed by atoms with van der Waals surface area (Å²) in [6, 6.07) is 4.63. The Bertz CT molecular complexity index is 287. The molecule has 0 saturated heterocycles. The fourth-order valence-corrected chi connectivity index (χ4v) is 3.36. The zero-order chi connectivity index (χ0) is 12.5. The zero-order valence-electron chi connectivity index (χ0n) is 11.8. The van der Waals surface area contributed by atoms with E-state index in [1.165, 1.54) is 56.2 Å². The third-order valence-electron chi connectivity index (χ3n) is 3.64. The second-order valence-corrected chi connectivity index (χ2v) is 6.28. The summed E-state index contributed by atoms with van der Waals surface area (Å²) in [6.07, 6.45) is 10.9. The molecule has 0 fully saturated rings. The number of rotatable bonds is 9. The van der Waals surface area contributed by atoms with Gasteiger partial charge in [-0.05, 0) is 37.3 Å². The van der Waals surface area contributed by atoms with Crippen LogP contribution in [0.1, 0.15) is 69.1 Å². The molecular formula is C16H28S. The molecule has 0 radical (unpaired) electrons. The van der Waals surface area contributed by atoms with Crippen molar-refractivity contribution < 1.29 is 0 Å². The first-order valence-electron chi connectivity index (χ1n) is 7.37. The minimum absolute atomic E-state index is 0.973. The van der Waals surface area contributed by atoms with Crippen LogP contribution < -0.4 is 0 Å². The Hall–Kier alpha value is -0.300. The lowest BCUT2D eigenvalue weighted by atomic mass is 9.93. The first-order valence-corrected chi connectivity index (χ1v) is 8.19. The number of thiophene rings is 1. The predicted molar refractivity (Wildman–Crippen MR) is 79.9 cm³/mol. The van der Waals surface area contributed by atoms with Crippen LogP contribution in [0.3, 0.4) is 0 Å². The van der Waals surface area contributed by atoms with Gasteiger partial charge in [-0.3, -0.25) is 0 Å². The van der Waals surface area contributed by atoms with E-state index in [0.717, 1.165) is 5.92 Å². The van der Waals surface area contributed by atoms with Gasteiger partial charge in [0.05, 0.1) is 0 Å². The van der Waals surface area contributed by atoms with Gasteiger partial charge in [0.1, 0.15) is 0 Å². The summed E-state index contributed by atoms with van der Waals surface area (Å²) in [6.45, 7) is 6.89. The minimum Gasteiger partial charge on any atom is -0.145 e. The highest BCUT2D eigenvalue weighted by Gasteiger charge is 2.06. The normalized spacial score (nSPS) is 12.9. The summed E-state index contributed by atoms with van der Waals surface area (Å²) in [7, 11) is 0. The Labute approximate surface area is 111 Å². The monoisotopic (exact) mass is 252 g/mol. The molecule has 1 aromatic rings. The quantitative estimate of drug-likeness (QED) is 0.517. The summed E-state index contributed by atoms with van der Waals surface area (Å²) in [5.41, 5.74) is 0. The molecule has 1 aromatic heterocycles. The van der Waals surface area contributed by atoms with Crippen LogP contribution >= 0.6 is 11.3 Å². The third kappa shape index (κ3) is 5.72. The Morgan fingerprint density at radius 1 is 1.00 bits per heavy atom. The van der Waals surface area contributed by atoms with Crippen molar-refractivity contribution in [2.75, 3.05) is 0 Å². The van der Waals surface area contributed by atoms with E-state index in [2.05, 4.69) is 32.9 Å². The molecule has 0 spiro atoms. The second-order valence-electron chi connectivity index (χ2n) is 5.03. The van der Waals surface area contributed by atoms with Crippen LogP contribution in [0.15, 0.2) is 12.1 Å². The van der Waals surface area contributed by atoms with Crippen molar-refractivity contribution in [3.8, 4) is 0 Å². The van der Waals surface area contributed by atoms with Gasteiger partial charge in [0.2, 0.25) is 0 Å². The van der Waals surface area contributed by atoms with Crippen LogP contribution in [0.4, 0.5) is 0 Å². The molecule has 1 heteroatoms. The Kier molecular flexibility index (Phi) is 7.59. The number of aryl methyl sites for hydroxylation is 2. The third-order valence-corrected chi connectivity index (χ3v) is 4.93. The highest BCUT2D eigenvalue weighted by molar-refractivity contribution is 7.11. The Morgan fingerprint density at radius 3 is 2.29 bits per heavy atom. The molecule has 0 aliphatic rings. The smallest absolute Gasteiger partial charge is 0.00481 e. The highest BCUT2D eigenvalue weighted by Crippen LogP contribution is 2.23. The summed E-state index contributed by atoms with van der Waals surface area (Å²) >= 11 is 2.01. The lowest BCUT2D eigenvalue weighted by molar-refractivity contribution is 0.410. The van der Waals surface area contributed by atoms with Gasteiger partial charge in [0.25, 0.3) is 0 Å². The fourth-order valence-electron chi connectivity index (χ4n) is 2.36. The van der Waals surface area contributed by atoms with E-state index in [0.29, 0.717) is 0 Å². The van der Waals surface area contributed by atoms with E-state index in [-0.39, 0.29) is 0 Å². The van der Waals surface area contributed by atoms with E-state index >= 15 is 0 Å². The standard InChI is InChI=1S/C16H28S/c1-4-7-9-14(5-2)10-8-11-16-13-12-15(6-3)17-16/h12-14H,4-11H2,1-3H3. The van der Waals surface area contributed by atoms with E-state index in [1.54, 1.807) is 4.88 Å². The minimum atomic E-state index is 0.973. The SMILES string of the molecule is CCCCC(CC)CCCc1ccc(CC)s1. The molecule has 0 amide bonds. The van der Waals surface area contributed by atoms with E-state index in [9.17, 15) is 0 Å². The van der Waals surface area contributed by atoms with Crippen molar-refractivity contribution in [1.29, 1.82) is 0 Å². The Morgan fingerprint density at radius 2 is 1.71 bits per heavy atom. The summed E-state index contributed by atoms with van der Waals surface area (Å²) < 4.78 is 0. The van der Waals surface area contributed by atoms with Gasteiger partial charge < -0.3 is 0 Å². The number of unbranched alkanes of at least 4 members (excludes halogenated alkanes) is 1. The first-order chi connectivity index (χ1) is 8.30. The maximum absolute atomic E-state index is 2.35. The molecule has 0 aliphatic heterocycles.